The van der Waals surface area contributed by atoms with Crippen LogP contribution in [-0.4, -0.2) is 61.0 Å². The van der Waals surface area contributed by atoms with Gasteiger partial charge in [-0.2, -0.15) is 0 Å². The molecule has 84 valence electrons. The molecule has 0 aromatic heterocycles. The second kappa shape index (κ2) is 4.72. The Labute approximate surface area is 89.0 Å². The molecule has 2 fully saturated rings. The van der Waals surface area contributed by atoms with Crippen molar-refractivity contribution in [3.63, 3.8) is 0 Å². The lowest BCUT2D eigenvalue weighted by molar-refractivity contribution is -0.143. The SMILES string of the molecule is O=C1CCCN1C(=O)CN1CCOCC1. The van der Waals surface area contributed by atoms with Crippen LogP contribution in [-0.2, 0) is 14.3 Å². The standard InChI is InChI=1S/C10H16N2O3/c13-9-2-1-3-12(9)10(14)8-11-4-6-15-7-5-11/h1-8H2. The van der Waals surface area contributed by atoms with Gasteiger partial charge < -0.3 is 4.74 Å². The van der Waals surface area contributed by atoms with E-state index in [1.807, 2.05) is 4.90 Å². The van der Waals surface area contributed by atoms with Gasteiger partial charge in [0.2, 0.25) is 11.8 Å². The number of morpholine rings is 1. The Hall–Kier alpha value is -0.940. The van der Waals surface area contributed by atoms with Crippen LogP contribution in [0.2, 0.25) is 0 Å². The quantitative estimate of drug-likeness (QED) is 0.617. The van der Waals surface area contributed by atoms with Crippen LogP contribution in [0.15, 0.2) is 0 Å². The summed E-state index contributed by atoms with van der Waals surface area (Å²) >= 11 is 0. The maximum atomic E-state index is 11.7. The van der Waals surface area contributed by atoms with E-state index in [0.29, 0.717) is 32.7 Å². The molecule has 2 heterocycles. The summed E-state index contributed by atoms with van der Waals surface area (Å²) in [6.45, 7) is 3.89. The van der Waals surface area contributed by atoms with E-state index < -0.39 is 0 Å². The van der Waals surface area contributed by atoms with Crippen molar-refractivity contribution in [1.29, 1.82) is 0 Å². The van der Waals surface area contributed by atoms with Gasteiger partial charge in [-0.15, -0.1) is 0 Å². The molecule has 2 rings (SSSR count). The van der Waals surface area contributed by atoms with Gasteiger partial charge in [0, 0.05) is 26.1 Å². The molecule has 0 aromatic rings. The highest BCUT2D eigenvalue weighted by atomic mass is 16.5. The molecule has 2 saturated heterocycles. The van der Waals surface area contributed by atoms with Crippen LogP contribution in [0.5, 0.6) is 0 Å². The molecule has 2 aliphatic heterocycles. The van der Waals surface area contributed by atoms with Gasteiger partial charge in [0.05, 0.1) is 19.8 Å². The lowest BCUT2D eigenvalue weighted by atomic mass is 10.4. The van der Waals surface area contributed by atoms with Crippen molar-refractivity contribution in [3.8, 4) is 0 Å². The molecule has 0 radical (unpaired) electrons. The average Bonchev–Trinajstić information content (AvgIpc) is 2.66. The maximum Gasteiger partial charge on any atom is 0.243 e. The lowest BCUT2D eigenvalue weighted by Gasteiger charge is -2.27. The summed E-state index contributed by atoms with van der Waals surface area (Å²) in [4.78, 5) is 26.5. The highest BCUT2D eigenvalue weighted by Gasteiger charge is 2.27. The van der Waals surface area contributed by atoms with Crippen LogP contribution >= 0.6 is 0 Å². The van der Waals surface area contributed by atoms with Gasteiger partial charge in [0.1, 0.15) is 0 Å². The fraction of sp³-hybridized carbons (Fsp3) is 0.800. The van der Waals surface area contributed by atoms with E-state index >= 15 is 0 Å². The summed E-state index contributed by atoms with van der Waals surface area (Å²) in [5, 5.41) is 0. The molecular formula is C10H16N2O3. The lowest BCUT2D eigenvalue weighted by Crippen LogP contribution is -2.45. The number of nitrogens with zero attached hydrogens (tertiary/aromatic N) is 2. The van der Waals surface area contributed by atoms with Crippen LogP contribution < -0.4 is 0 Å². The third-order valence-corrected chi connectivity index (χ3v) is 2.84. The summed E-state index contributed by atoms with van der Waals surface area (Å²) in [5.41, 5.74) is 0. The zero-order valence-electron chi connectivity index (χ0n) is 8.78. The Morgan fingerprint density at radius 1 is 1.27 bits per heavy atom. The van der Waals surface area contributed by atoms with Crippen LogP contribution in [0.4, 0.5) is 0 Å². The van der Waals surface area contributed by atoms with Crippen molar-refractivity contribution >= 4 is 11.8 Å². The first-order chi connectivity index (χ1) is 7.27. The van der Waals surface area contributed by atoms with Gasteiger partial charge in [-0.05, 0) is 6.42 Å². The third-order valence-electron chi connectivity index (χ3n) is 2.84. The minimum atomic E-state index is -0.0561. The zero-order chi connectivity index (χ0) is 10.7. The minimum Gasteiger partial charge on any atom is -0.379 e. The van der Waals surface area contributed by atoms with E-state index in [2.05, 4.69) is 0 Å². The van der Waals surface area contributed by atoms with Gasteiger partial charge in [-0.25, -0.2) is 0 Å². The van der Waals surface area contributed by atoms with Gasteiger partial charge in [0.25, 0.3) is 0 Å². The average molecular weight is 212 g/mol. The number of carbonyl (C=O) groups excluding carboxylic acids is 2. The van der Waals surface area contributed by atoms with Crippen molar-refractivity contribution in [2.24, 2.45) is 0 Å². The van der Waals surface area contributed by atoms with Gasteiger partial charge in [0.15, 0.2) is 0 Å². The predicted molar refractivity (Wildman–Crippen MR) is 53.2 cm³/mol. The van der Waals surface area contributed by atoms with Crippen molar-refractivity contribution in [1.82, 2.24) is 9.80 Å². The third kappa shape index (κ3) is 2.54. The topological polar surface area (TPSA) is 49.9 Å². The highest BCUT2D eigenvalue weighted by Crippen LogP contribution is 2.10. The largest absolute Gasteiger partial charge is 0.379 e. The first-order valence-corrected chi connectivity index (χ1v) is 5.40. The molecule has 0 N–H and O–H groups in total. The molecule has 0 saturated carbocycles. The van der Waals surface area contributed by atoms with Gasteiger partial charge in [-0.1, -0.05) is 0 Å². The summed E-state index contributed by atoms with van der Waals surface area (Å²) < 4.78 is 5.19. The first kappa shape index (κ1) is 10.6. The number of amides is 2. The molecule has 5 nitrogen and oxygen atoms in total. The van der Waals surface area contributed by atoms with Crippen molar-refractivity contribution in [2.75, 3.05) is 39.4 Å². The number of imide groups is 1. The molecule has 0 spiro atoms. The molecule has 15 heavy (non-hydrogen) atoms. The molecular weight excluding hydrogens is 196 g/mol. The van der Waals surface area contributed by atoms with Crippen molar-refractivity contribution < 1.29 is 14.3 Å². The van der Waals surface area contributed by atoms with E-state index in [-0.39, 0.29) is 11.8 Å². The van der Waals surface area contributed by atoms with E-state index in [0.717, 1.165) is 19.5 Å². The Bertz CT molecular complexity index is 261. The summed E-state index contributed by atoms with van der Waals surface area (Å²) in [6, 6.07) is 0. The molecule has 0 bridgehead atoms. The molecule has 5 heteroatoms. The van der Waals surface area contributed by atoms with E-state index in [4.69, 9.17) is 4.74 Å². The first-order valence-electron chi connectivity index (χ1n) is 5.40. The number of rotatable bonds is 2. The van der Waals surface area contributed by atoms with E-state index in [1.54, 1.807) is 0 Å². The predicted octanol–water partition coefficient (Wildman–Crippen LogP) is -0.532. The molecule has 0 unspecified atom stereocenters. The number of ether oxygens (including phenoxy) is 1. The van der Waals surface area contributed by atoms with Gasteiger partial charge in [-0.3, -0.25) is 19.4 Å². The normalized spacial score (nSPS) is 23.5. The molecule has 0 aromatic carbocycles. The number of hydrogen-bond acceptors (Lipinski definition) is 4. The van der Waals surface area contributed by atoms with Gasteiger partial charge >= 0.3 is 0 Å². The number of carbonyl (C=O) groups is 2. The van der Waals surface area contributed by atoms with Crippen LogP contribution in [0.25, 0.3) is 0 Å². The van der Waals surface area contributed by atoms with E-state index in [9.17, 15) is 9.59 Å². The Morgan fingerprint density at radius 2 is 2.00 bits per heavy atom. The fourth-order valence-electron chi connectivity index (χ4n) is 1.95. The molecule has 0 atom stereocenters. The van der Waals surface area contributed by atoms with Crippen LogP contribution in [0, 0.1) is 0 Å². The van der Waals surface area contributed by atoms with Crippen LogP contribution in [0.3, 0.4) is 0 Å². The molecule has 0 aliphatic carbocycles. The van der Waals surface area contributed by atoms with Crippen molar-refractivity contribution in [3.05, 3.63) is 0 Å². The summed E-state index contributed by atoms with van der Waals surface area (Å²) in [5.74, 6) is -0.0762. The second-order valence-corrected chi connectivity index (χ2v) is 3.93. The highest BCUT2D eigenvalue weighted by molar-refractivity contribution is 5.97. The van der Waals surface area contributed by atoms with Crippen molar-refractivity contribution in [2.45, 2.75) is 12.8 Å². The fourth-order valence-corrected chi connectivity index (χ4v) is 1.95. The Balaban J connectivity index is 1.82. The van der Waals surface area contributed by atoms with E-state index in [1.165, 1.54) is 4.90 Å². The maximum absolute atomic E-state index is 11.7. The Kier molecular flexibility index (Phi) is 3.33. The summed E-state index contributed by atoms with van der Waals surface area (Å²) in [7, 11) is 0. The zero-order valence-corrected chi connectivity index (χ0v) is 8.78. The summed E-state index contributed by atoms with van der Waals surface area (Å²) in [6.07, 6.45) is 1.34. The van der Waals surface area contributed by atoms with Crippen LogP contribution in [0.1, 0.15) is 12.8 Å². The second-order valence-electron chi connectivity index (χ2n) is 3.93. The molecule has 2 aliphatic rings. The number of likely N-dealkylation sites (tertiary alicyclic amines) is 1. The number of hydrogen-bond donors (Lipinski definition) is 0. The monoisotopic (exact) mass is 212 g/mol. The minimum absolute atomic E-state index is 0.0201. The molecule has 2 amide bonds. The Morgan fingerprint density at radius 3 is 2.60 bits per heavy atom. The smallest absolute Gasteiger partial charge is 0.243 e.